The summed E-state index contributed by atoms with van der Waals surface area (Å²) in [6.45, 7) is 0.371. The van der Waals surface area contributed by atoms with Crippen LogP contribution in [0.4, 0.5) is 0 Å². The fraction of sp³-hybridized carbons (Fsp3) is 0.0909. The van der Waals surface area contributed by atoms with Gasteiger partial charge in [0, 0.05) is 16.1 Å². The minimum Gasteiger partial charge on any atom is -0.467 e. The number of H-pyrrole nitrogens is 1. The molecule has 2 aromatic carbocycles. The number of hydrogen-bond acceptors (Lipinski definition) is 3. The van der Waals surface area contributed by atoms with Crippen LogP contribution in [0.25, 0.3) is 11.3 Å². The van der Waals surface area contributed by atoms with E-state index < -0.39 is 0 Å². The quantitative estimate of drug-likeness (QED) is 0.530. The molecule has 2 aromatic heterocycles. The summed E-state index contributed by atoms with van der Waals surface area (Å²) < 4.78 is 5.50. The highest BCUT2D eigenvalue weighted by Gasteiger charge is 2.42. The number of nitrogens with one attached hydrogen (secondary N) is 1. The Morgan fingerprint density at radius 1 is 1.04 bits per heavy atom. The number of aromatic amines is 1. The third-order valence-corrected chi connectivity index (χ3v) is 5.26. The predicted octanol–water partition coefficient (Wildman–Crippen LogP) is 5.07. The van der Waals surface area contributed by atoms with E-state index in [-0.39, 0.29) is 11.9 Å². The molecular weight excluding hydrogens is 374 g/mol. The monoisotopic (exact) mass is 389 g/mol. The smallest absolute Gasteiger partial charge is 0.273 e. The van der Waals surface area contributed by atoms with Crippen LogP contribution in [0.15, 0.2) is 77.4 Å². The lowest BCUT2D eigenvalue weighted by molar-refractivity contribution is 0.0717. The maximum absolute atomic E-state index is 13.2. The highest BCUT2D eigenvalue weighted by atomic mass is 35.5. The van der Waals surface area contributed by atoms with Crippen molar-refractivity contribution in [3.63, 3.8) is 0 Å². The molecule has 0 aliphatic carbocycles. The molecule has 0 spiro atoms. The molecule has 0 fully saturated rings. The van der Waals surface area contributed by atoms with Gasteiger partial charge in [0.2, 0.25) is 0 Å². The van der Waals surface area contributed by atoms with Crippen molar-refractivity contribution in [3.05, 3.63) is 101 Å². The number of carbonyl (C=O) groups excluding carboxylic acids is 1. The lowest BCUT2D eigenvalue weighted by Gasteiger charge is -2.25. The van der Waals surface area contributed by atoms with Gasteiger partial charge in [-0.25, -0.2) is 0 Å². The number of aromatic nitrogens is 2. The van der Waals surface area contributed by atoms with E-state index in [9.17, 15) is 4.79 Å². The van der Waals surface area contributed by atoms with E-state index >= 15 is 0 Å². The standard InChI is InChI=1S/C22H16ClN3O2/c23-16-10-8-15(9-11-16)21-18-19(14-5-2-1-3-6-14)24-25-20(18)22(27)26(21)13-17-7-4-12-28-17/h1-12,21H,13H2,(H,24,25). The zero-order chi connectivity index (χ0) is 19.1. The van der Waals surface area contributed by atoms with Crippen LogP contribution in [0.3, 0.4) is 0 Å². The van der Waals surface area contributed by atoms with Crippen LogP contribution in [0.1, 0.15) is 33.4 Å². The minimum atomic E-state index is -0.279. The van der Waals surface area contributed by atoms with Gasteiger partial charge in [-0.3, -0.25) is 9.89 Å². The lowest BCUT2D eigenvalue weighted by Crippen LogP contribution is -2.28. The van der Waals surface area contributed by atoms with Crippen LogP contribution in [0.5, 0.6) is 0 Å². The van der Waals surface area contributed by atoms with Crippen molar-refractivity contribution in [1.82, 2.24) is 15.1 Å². The number of carbonyl (C=O) groups is 1. The van der Waals surface area contributed by atoms with Crippen molar-refractivity contribution >= 4 is 17.5 Å². The van der Waals surface area contributed by atoms with Crippen molar-refractivity contribution in [2.45, 2.75) is 12.6 Å². The number of rotatable bonds is 4. The lowest BCUT2D eigenvalue weighted by atomic mass is 9.96. The summed E-state index contributed by atoms with van der Waals surface area (Å²) in [6, 6.07) is 20.9. The van der Waals surface area contributed by atoms with Crippen LogP contribution < -0.4 is 0 Å². The molecule has 1 unspecified atom stereocenters. The summed E-state index contributed by atoms with van der Waals surface area (Å²) in [5.41, 5.74) is 4.12. The Hall–Kier alpha value is -3.31. The van der Waals surface area contributed by atoms with Crippen LogP contribution in [-0.2, 0) is 6.54 Å². The molecule has 0 saturated carbocycles. The first-order valence-electron chi connectivity index (χ1n) is 8.95. The molecule has 1 aliphatic heterocycles. The van der Waals surface area contributed by atoms with Gasteiger partial charge >= 0.3 is 0 Å². The van der Waals surface area contributed by atoms with E-state index in [1.165, 1.54) is 0 Å². The Bertz CT molecular complexity index is 1120. The van der Waals surface area contributed by atoms with Gasteiger partial charge in [-0.05, 0) is 29.8 Å². The topological polar surface area (TPSA) is 62.1 Å². The minimum absolute atomic E-state index is 0.0963. The normalized spacial score (nSPS) is 15.8. The highest BCUT2D eigenvalue weighted by Crippen LogP contribution is 2.43. The zero-order valence-electron chi connectivity index (χ0n) is 14.8. The second-order valence-electron chi connectivity index (χ2n) is 6.69. The van der Waals surface area contributed by atoms with Crippen LogP contribution in [0, 0.1) is 0 Å². The number of halogens is 1. The summed E-state index contributed by atoms with van der Waals surface area (Å²) in [6.07, 6.45) is 1.61. The van der Waals surface area contributed by atoms with Crippen molar-refractivity contribution in [2.75, 3.05) is 0 Å². The van der Waals surface area contributed by atoms with E-state index in [1.807, 2.05) is 66.7 Å². The van der Waals surface area contributed by atoms with Crippen LogP contribution >= 0.6 is 11.6 Å². The molecule has 28 heavy (non-hydrogen) atoms. The third-order valence-electron chi connectivity index (χ3n) is 5.00. The van der Waals surface area contributed by atoms with E-state index in [2.05, 4.69) is 10.2 Å². The SMILES string of the molecule is O=C1c2[nH]nc(-c3ccccc3)c2C(c2ccc(Cl)cc2)N1Cc1ccco1. The number of benzene rings is 2. The van der Waals surface area contributed by atoms with Gasteiger partial charge in [0.1, 0.15) is 11.5 Å². The Morgan fingerprint density at radius 3 is 2.54 bits per heavy atom. The second-order valence-corrected chi connectivity index (χ2v) is 7.13. The molecule has 0 radical (unpaired) electrons. The molecule has 0 saturated heterocycles. The van der Waals surface area contributed by atoms with Gasteiger partial charge in [-0.1, -0.05) is 54.1 Å². The molecule has 5 nitrogen and oxygen atoms in total. The molecule has 1 N–H and O–H groups in total. The Morgan fingerprint density at radius 2 is 1.82 bits per heavy atom. The predicted molar refractivity (Wildman–Crippen MR) is 106 cm³/mol. The highest BCUT2D eigenvalue weighted by molar-refractivity contribution is 6.30. The molecule has 5 rings (SSSR count). The summed E-state index contributed by atoms with van der Waals surface area (Å²) in [4.78, 5) is 15.0. The molecule has 1 aliphatic rings. The molecule has 0 bridgehead atoms. The molecular formula is C22H16ClN3O2. The number of furan rings is 1. The van der Waals surface area contributed by atoms with Crippen molar-refractivity contribution < 1.29 is 9.21 Å². The average molecular weight is 390 g/mol. The first-order valence-corrected chi connectivity index (χ1v) is 9.32. The van der Waals surface area contributed by atoms with Gasteiger partial charge in [-0.2, -0.15) is 5.10 Å². The molecule has 3 heterocycles. The van der Waals surface area contributed by atoms with Crippen molar-refractivity contribution in [2.24, 2.45) is 0 Å². The summed E-state index contributed by atoms with van der Waals surface area (Å²) in [5.74, 6) is 0.632. The van der Waals surface area contributed by atoms with E-state index in [4.69, 9.17) is 16.0 Å². The molecule has 138 valence electrons. The Balaban J connectivity index is 1.66. The second kappa shape index (κ2) is 6.69. The van der Waals surface area contributed by atoms with Crippen molar-refractivity contribution in [3.8, 4) is 11.3 Å². The van der Waals surface area contributed by atoms with Crippen LogP contribution in [-0.4, -0.2) is 21.0 Å². The number of fused-ring (bicyclic) bond motifs is 1. The van der Waals surface area contributed by atoms with E-state index in [0.29, 0.717) is 17.3 Å². The Kier molecular flexibility index (Phi) is 4.02. The molecule has 1 atom stereocenters. The van der Waals surface area contributed by atoms with Gasteiger partial charge < -0.3 is 9.32 Å². The van der Waals surface area contributed by atoms with E-state index in [1.54, 1.807) is 11.2 Å². The summed E-state index contributed by atoms with van der Waals surface area (Å²) in [7, 11) is 0. The van der Waals surface area contributed by atoms with Gasteiger partial charge in [0.25, 0.3) is 5.91 Å². The van der Waals surface area contributed by atoms with Gasteiger partial charge in [-0.15, -0.1) is 0 Å². The zero-order valence-corrected chi connectivity index (χ0v) is 15.6. The number of nitrogens with zero attached hydrogens (tertiary/aromatic N) is 2. The van der Waals surface area contributed by atoms with Gasteiger partial charge in [0.05, 0.1) is 24.5 Å². The summed E-state index contributed by atoms with van der Waals surface area (Å²) >= 11 is 6.09. The summed E-state index contributed by atoms with van der Waals surface area (Å²) in [5, 5.41) is 8.07. The fourth-order valence-corrected chi connectivity index (χ4v) is 3.86. The average Bonchev–Trinajstić information content (AvgIpc) is 3.44. The molecule has 4 aromatic rings. The van der Waals surface area contributed by atoms with Gasteiger partial charge in [0.15, 0.2) is 0 Å². The largest absolute Gasteiger partial charge is 0.467 e. The number of amides is 1. The maximum Gasteiger partial charge on any atom is 0.273 e. The molecule has 1 amide bonds. The Labute approximate surface area is 166 Å². The van der Waals surface area contributed by atoms with Crippen molar-refractivity contribution in [1.29, 1.82) is 0 Å². The maximum atomic E-state index is 13.2. The van der Waals surface area contributed by atoms with Crippen LogP contribution in [0.2, 0.25) is 5.02 Å². The third kappa shape index (κ3) is 2.72. The fourth-order valence-electron chi connectivity index (χ4n) is 3.74. The molecule has 6 heteroatoms. The van der Waals surface area contributed by atoms with E-state index in [0.717, 1.165) is 28.1 Å². The number of hydrogen-bond donors (Lipinski definition) is 1. The first kappa shape index (κ1) is 16.8. The first-order chi connectivity index (χ1) is 13.7.